The van der Waals surface area contributed by atoms with Crippen LogP contribution in [0.15, 0.2) is 41.4 Å². The largest absolute Gasteiger partial charge is 0.507 e. The van der Waals surface area contributed by atoms with E-state index in [0.717, 1.165) is 0 Å². The number of amides is 1. The number of phenols is 1. The zero-order chi connectivity index (χ0) is 16.3. The number of hydrogen-bond acceptors (Lipinski definition) is 4. The second kappa shape index (κ2) is 4.46. The minimum Gasteiger partial charge on any atom is -0.507 e. The van der Waals surface area contributed by atoms with Gasteiger partial charge in [-0.1, -0.05) is 24.3 Å². The first-order valence-corrected chi connectivity index (χ1v) is 7.14. The SMILES string of the molecule is CC(=O)C1C(=O)N=c2ccc(O)c3c2=C1c1ccccc1C3=O. The Morgan fingerprint density at radius 1 is 1.09 bits per heavy atom. The van der Waals surface area contributed by atoms with Crippen LogP contribution < -0.4 is 10.6 Å². The molecule has 1 aliphatic heterocycles. The van der Waals surface area contributed by atoms with E-state index in [0.29, 0.717) is 27.3 Å². The topological polar surface area (TPSA) is 83.8 Å². The molecule has 23 heavy (non-hydrogen) atoms. The minimum absolute atomic E-state index is 0.110. The van der Waals surface area contributed by atoms with Crippen molar-refractivity contribution in [3.8, 4) is 5.75 Å². The molecule has 1 heterocycles. The van der Waals surface area contributed by atoms with Crippen LogP contribution in [-0.4, -0.2) is 22.6 Å². The molecule has 1 aliphatic carbocycles. The van der Waals surface area contributed by atoms with Gasteiger partial charge in [0.15, 0.2) is 5.78 Å². The smallest absolute Gasteiger partial charge is 0.261 e. The number of rotatable bonds is 1. The molecule has 112 valence electrons. The molecule has 0 aromatic heterocycles. The van der Waals surface area contributed by atoms with Crippen molar-refractivity contribution in [3.05, 3.63) is 63.7 Å². The van der Waals surface area contributed by atoms with Crippen molar-refractivity contribution in [2.24, 2.45) is 10.9 Å². The molecule has 1 unspecified atom stereocenters. The number of fused-ring (bicyclic) bond motifs is 2. The summed E-state index contributed by atoms with van der Waals surface area (Å²) in [6.45, 7) is 1.33. The first-order valence-electron chi connectivity index (χ1n) is 7.14. The van der Waals surface area contributed by atoms with Crippen molar-refractivity contribution in [3.63, 3.8) is 0 Å². The van der Waals surface area contributed by atoms with Gasteiger partial charge in [-0.05, 0) is 30.2 Å². The molecule has 2 aromatic rings. The molecular formula is C18H11NO4. The highest BCUT2D eigenvalue weighted by Crippen LogP contribution is 2.33. The van der Waals surface area contributed by atoms with Gasteiger partial charge in [-0.3, -0.25) is 14.4 Å². The van der Waals surface area contributed by atoms with Crippen molar-refractivity contribution >= 4 is 23.0 Å². The maximum atomic E-state index is 12.7. The van der Waals surface area contributed by atoms with Crippen LogP contribution in [0, 0.1) is 5.92 Å². The van der Waals surface area contributed by atoms with Gasteiger partial charge in [0.2, 0.25) is 0 Å². The third-order valence-corrected chi connectivity index (χ3v) is 4.29. The Balaban J connectivity index is 2.31. The Hall–Kier alpha value is -3.08. The summed E-state index contributed by atoms with van der Waals surface area (Å²) in [6.07, 6.45) is 0. The molecule has 0 fully saturated rings. The minimum atomic E-state index is -1.04. The van der Waals surface area contributed by atoms with Crippen LogP contribution in [0.4, 0.5) is 0 Å². The normalized spacial score (nSPS) is 18.1. The van der Waals surface area contributed by atoms with Crippen LogP contribution in [0.3, 0.4) is 0 Å². The summed E-state index contributed by atoms with van der Waals surface area (Å²) in [4.78, 5) is 41.1. The lowest BCUT2D eigenvalue weighted by molar-refractivity contribution is -0.128. The van der Waals surface area contributed by atoms with Crippen LogP contribution in [-0.2, 0) is 9.59 Å². The van der Waals surface area contributed by atoms with E-state index in [1.54, 1.807) is 24.3 Å². The third kappa shape index (κ3) is 1.67. The summed E-state index contributed by atoms with van der Waals surface area (Å²) in [5, 5.41) is 10.9. The van der Waals surface area contributed by atoms with E-state index < -0.39 is 11.8 Å². The van der Waals surface area contributed by atoms with Crippen molar-refractivity contribution in [2.45, 2.75) is 6.92 Å². The molecule has 0 saturated carbocycles. The highest BCUT2D eigenvalue weighted by atomic mass is 16.3. The van der Waals surface area contributed by atoms with E-state index in [1.165, 1.54) is 19.1 Å². The highest BCUT2D eigenvalue weighted by molar-refractivity contribution is 6.20. The molecule has 0 saturated heterocycles. The van der Waals surface area contributed by atoms with E-state index in [-0.39, 0.29) is 22.9 Å². The van der Waals surface area contributed by atoms with Gasteiger partial charge in [0, 0.05) is 10.8 Å². The Labute approximate surface area is 130 Å². The van der Waals surface area contributed by atoms with E-state index in [1.807, 2.05) is 0 Å². The third-order valence-electron chi connectivity index (χ3n) is 4.29. The average molecular weight is 305 g/mol. The fourth-order valence-electron chi connectivity index (χ4n) is 3.35. The Bertz CT molecular complexity index is 1050. The highest BCUT2D eigenvalue weighted by Gasteiger charge is 2.38. The predicted octanol–water partition coefficient (Wildman–Crippen LogP) is 0.501. The molecule has 0 radical (unpaired) electrons. The summed E-state index contributed by atoms with van der Waals surface area (Å²) in [7, 11) is 0. The number of hydrogen-bond donors (Lipinski definition) is 1. The zero-order valence-corrected chi connectivity index (χ0v) is 12.2. The monoisotopic (exact) mass is 305 g/mol. The maximum Gasteiger partial charge on any atom is 0.261 e. The lowest BCUT2D eigenvalue weighted by Gasteiger charge is -2.25. The molecule has 2 aromatic carbocycles. The number of Topliss-reactive ketones (excluding diaryl/α,β-unsaturated/α-hetero) is 1. The molecule has 5 nitrogen and oxygen atoms in total. The maximum absolute atomic E-state index is 12.7. The molecule has 2 aliphatic rings. The number of nitrogens with zero attached hydrogens (tertiary/aromatic N) is 1. The zero-order valence-electron chi connectivity index (χ0n) is 12.2. The van der Waals surface area contributed by atoms with Crippen LogP contribution in [0.5, 0.6) is 5.75 Å². The first-order chi connectivity index (χ1) is 11.0. The van der Waals surface area contributed by atoms with Crippen LogP contribution in [0.25, 0.3) is 5.57 Å². The quantitative estimate of drug-likeness (QED) is 0.778. The van der Waals surface area contributed by atoms with Gasteiger partial charge in [0.05, 0.1) is 10.9 Å². The molecular weight excluding hydrogens is 294 g/mol. The van der Waals surface area contributed by atoms with Gasteiger partial charge in [-0.15, -0.1) is 0 Å². The second-order valence-electron chi connectivity index (χ2n) is 5.64. The first kappa shape index (κ1) is 13.6. The summed E-state index contributed by atoms with van der Waals surface area (Å²) in [6, 6.07) is 9.65. The Kier molecular flexibility index (Phi) is 2.63. The van der Waals surface area contributed by atoms with E-state index in [9.17, 15) is 19.5 Å². The predicted molar refractivity (Wildman–Crippen MR) is 80.5 cm³/mol. The van der Waals surface area contributed by atoms with Crippen molar-refractivity contribution in [2.75, 3.05) is 0 Å². The van der Waals surface area contributed by atoms with Gasteiger partial charge in [0.1, 0.15) is 17.5 Å². The lowest BCUT2D eigenvalue weighted by atomic mass is 9.77. The molecule has 0 bridgehead atoms. The van der Waals surface area contributed by atoms with Crippen molar-refractivity contribution < 1.29 is 19.5 Å². The molecule has 1 amide bonds. The summed E-state index contributed by atoms with van der Waals surface area (Å²) < 4.78 is 0. The van der Waals surface area contributed by atoms with Crippen molar-refractivity contribution in [1.29, 1.82) is 0 Å². The number of aromatic hydroxyl groups is 1. The van der Waals surface area contributed by atoms with Gasteiger partial charge < -0.3 is 5.11 Å². The van der Waals surface area contributed by atoms with Crippen LogP contribution >= 0.6 is 0 Å². The van der Waals surface area contributed by atoms with Crippen LogP contribution in [0.1, 0.15) is 28.4 Å². The Morgan fingerprint density at radius 3 is 2.48 bits per heavy atom. The molecule has 0 spiro atoms. The summed E-state index contributed by atoms with van der Waals surface area (Å²) >= 11 is 0. The van der Waals surface area contributed by atoms with E-state index in [4.69, 9.17) is 0 Å². The number of ketones is 2. The number of carbonyl (C=O) groups excluding carboxylic acids is 3. The lowest BCUT2D eigenvalue weighted by Crippen LogP contribution is -2.45. The fourth-order valence-corrected chi connectivity index (χ4v) is 3.35. The van der Waals surface area contributed by atoms with Gasteiger partial charge in [-0.25, -0.2) is 4.99 Å². The van der Waals surface area contributed by atoms with Gasteiger partial charge >= 0.3 is 0 Å². The molecule has 5 heteroatoms. The van der Waals surface area contributed by atoms with Crippen molar-refractivity contribution in [1.82, 2.24) is 0 Å². The number of benzene rings is 2. The number of carbonyl (C=O) groups is 3. The molecule has 1 N–H and O–H groups in total. The van der Waals surface area contributed by atoms with Gasteiger partial charge in [-0.2, -0.15) is 0 Å². The van der Waals surface area contributed by atoms with E-state index >= 15 is 0 Å². The second-order valence-corrected chi connectivity index (χ2v) is 5.64. The molecule has 1 atom stereocenters. The fraction of sp³-hybridized carbons (Fsp3) is 0.111. The van der Waals surface area contributed by atoms with Gasteiger partial charge in [0.25, 0.3) is 5.91 Å². The molecule has 4 rings (SSSR count). The Morgan fingerprint density at radius 2 is 1.78 bits per heavy atom. The average Bonchev–Trinajstić information content (AvgIpc) is 2.52. The summed E-state index contributed by atoms with van der Waals surface area (Å²) in [5.41, 5.74) is 1.51. The van der Waals surface area contributed by atoms with Crippen LogP contribution in [0.2, 0.25) is 0 Å². The van der Waals surface area contributed by atoms with E-state index in [2.05, 4.69) is 4.99 Å². The summed E-state index contributed by atoms with van der Waals surface area (Å²) in [5.74, 6) is -2.42. The standard InChI is InChI=1S/C18H11NO4/c1-8(20)13-14-9-4-2-3-5-10(9)17(22)16-12(21)7-6-11(15(14)16)19-18(13)23/h2-7,13,21H,1H3. The number of phenolic OH excluding ortho intramolecular Hbond substituents is 1.